The van der Waals surface area contributed by atoms with Gasteiger partial charge in [0.05, 0.1) is 17.6 Å². The van der Waals surface area contributed by atoms with Gasteiger partial charge in [-0.3, -0.25) is 10.5 Å². The highest BCUT2D eigenvalue weighted by atomic mass is 32.2. The van der Waals surface area contributed by atoms with Crippen molar-refractivity contribution >= 4 is 44.8 Å². The molecule has 1 saturated heterocycles. The third-order valence-corrected chi connectivity index (χ3v) is 4.79. The van der Waals surface area contributed by atoms with E-state index >= 15 is 0 Å². The molecule has 0 unspecified atom stereocenters. The fourth-order valence-electron chi connectivity index (χ4n) is 2.90. The summed E-state index contributed by atoms with van der Waals surface area (Å²) in [4.78, 5) is 6.74. The second kappa shape index (κ2) is 6.83. The zero-order chi connectivity index (χ0) is 18.0. The van der Waals surface area contributed by atoms with Crippen LogP contribution in [0, 0.1) is 0 Å². The number of amidine groups is 1. The van der Waals surface area contributed by atoms with Gasteiger partial charge in [0.15, 0.2) is 5.71 Å². The van der Waals surface area contributed by atoms with E-state index in [-0.39, 0.29) is 0 Å². The van der Waals surface area contributed by atoms with Gasteiger partial charge < -0.3 is 4.90 Å². The van der Waals surface area contributed by atoms with Crippen molar-refractivity contribution in [3.8, 4) is 0 Å². The number of anilines is 2. The Balaban J connectivity index is 1.99. The molecule has 134 valence electrons. The van der Waals surface area contributed by atoms with Crippen LogP contribution in [-0.4, -0.2) is 57.3 Å². The molecule has 0 saturated carbocycles. The minimum Gasteiger partial charge on any atom is -0.371 e. The molecule has 2 heterocycles. The van der Waals surface area contributed by atoms with Crippen molar-refractivity contribution in [1.29, 1.82) is 0 Å². The van der Waals surface area contributed by atoms with Gasteiger partial charge in [0.25, 0.3) is 0 Å². The lowest BCUT2D eigenvalue weighted by Crippen LogP contribution is -2.29. The molecule has 2 aliphatic rings. The Hall–Kier alpha value is -2.42. The molecule has 1 aromatic rings. The smallest absolute Gasteiger partial charge is 0.320 e. The quantitative estimate of drug-likeness (QED) is 0.782. The Kier molecular flexibility index (Phi) is 4.76. The molecule has 2 aliphatic heterocycles. The number of rotatable bonds is 4. The monoisotopic (exact) mass is 363 g/mol. The van der Waals surface area contributed by atoms with Crippen molar-refractivity contribution in [2.45, 2.75) is 19.3 Å². The third kappa shape index (κ3) is 4.16. The number of piperidine rings is 1. The van der Waals surface area contributed by atoms with Crippen LogP contribution in [0.4, 0.5) is 17.1 Å². The second-order valence-corrected chi connectivity index (χ2v) is 8.02. The van der Waals surface area contributed by atoms with Crippen LogP contribution in [0.25, 0.3) is 0 Å². The summed E-state index contributed by atoms with van der Waals surface area (Å²) in [6.07, 6.45) is 6.21. The summed E-state index contributed by atoms with van der Waals surface area (Å²) < 4.78 is 27.6. The molecule has 0 aliphatic carbocycles. The molecule has 0 spiro atoms. The lowest BCUT2D eigenvalue weighted by Gasteiger charge is -2.29. The first-order chi connectivity index (χ1) is 11.8. The number of nitrogens with two attached hydrogens (primary N) is 1. The van der Waals surface area contributed by atoms with Crippen LogP contribution in [0.5, 0.6) is 0 Å². The van der Waals surface area contributed by atoms with Crippen molar-refractivity contribution < 1.29 is 13.1 Å². The number of nitrogens with one attached hydrogen (secondary N) is 1. The van der Waals surface area contributed by atoms with Gasteiger partial charge in [0.2, 0.25) is 10.0 Å². The summed E-state index contributed by atoms with van der Waals surface area (Å²) in [6, 6.07) is 5.60. The molecule has 3 rings (SSSR count). The molecule has 9 heteroatoms. The number of hydrogen-bond acceptors (Lipinski definition) is 6. The predicted octanol–water partition coefficient (Wildman–Crippen LogP) is 1.12. The summed E-state index contributed by atoms with van der Waals surface area (Å²) in [6.45, 7) is 1.95. The molecule has 0 amide bonds. The molecular formula is C16H23N6O2S+. The molecule has 8 nitrogen and oxygen atoms in total. The third-order valence-electron chi connectivity index (χ3n) is 4.20. The molecule has 0 atom stereocenters. The van der Waals surface area contributed by atoms with Crippen LogP contribution in [0.2, 0.25) is 0 Å². The summed E-state index contributed by atoms with van der Waals surface area (Å²) in [5.74, 6) is 0.422. The summed E-state index contributed by atoms with van der Waals surface area (Å²) in [5.41, 5.74) is 8.37. The number of hydrazone groups is 1. The SMILES string of the molecule is C[N+]1=C(N)C(=Nc2ccc(N3CCCCC3)cc2NS(C)(=O)=O)C=N1. The first kappa shape index (κ1) is 17.4. The Labute approximate surface area is 147 Å². The minimum atomic E-state index is -3.42. The molecule has 1 fully saturated rings. The molecule has 1 aromatic carbocycles. The Morgan fingerprint density at radius 3 is 2.60 bits per heavy atom. The van der Waals surface area contributed by atoms with Gasteiger partial charge in [0, 0.05) is 18.8 Å². The molecule has 25 heavy (non-hydrogen) atoms. The maximum absolute atomic E-state index is 11.8. The lowest BCUT2D eigenvalue weighted by atomic mass is 10.1. The van der Waals surface area contributed by atoms with E-state index < -0.39 is 10.0 Å². The van der Waals surface area contributed by atoms with E-state index in [0.717, 1.165) is 37.9 Å². The topological polar surface area (TPSA) is 103 Å². The van der Waals surface area contributed by atoms with Crippen LogP contribution >= 0.6 is 0 Å². The number of benzene rings is 1. The van der Waals surface area contributed by atoms with E-state index in [0.29, 0.717) is 22.9 Å². The van der Waals surface area contributed by atoms with Gasteiger partial charge in [-0.05, 0) is 37.5 Å². The van der Waals surface area contributed by atoms with Crippen molar-refractivity contribution in [2.24, 2.45) is 15.8 Å². The van der Waals surface area contributed by atoms with Gasteiger partial charge >= 0.3 is 5.84 Å². The zero-order valence-electron chi connectivity index (χ0n) is 14.4. The van der Waals surface area contributed by atoms with E-state index in [4.69, 9.17) is 5.73 Å². The van der Waals surface area contributed by atoms with Gasteiger partial charge in [-0.15, -0.1) is 4.68 Å². The van der Waals surface area contributed by atoms with Crippen molar-refractivity contribution in [3.05, 3.63) is 18.2 Å². The molecule has 3 N–H and O–H groups in total. The van der Waals surface area contributed by atoms with Crippen molar-refractivity contribution in [2.75, 3.05) is 36.0 Å². The van der Waals surface area contributed by atoms with Crippen LogP contribution in [0.15, 0.2) is 28.3 Å². The maximum Gasteiger partial charge on any atom is 0.320 e. The Bertz CT molecular complexity index is 867. The first-order valence-corrected chi connectivity index (χ1v) is 10.1. The van der Waals surface area contributed by atoms with Gasteiger partial charge in [-0.2, -0.15) is 0 Å². The average Bonchev–Trinajstić information content (AvgIpc) is 2.88. The number of hydrogen-bond donors (Lipinski definition) is 2. The average molecular weight is 363 g/mol. The summed E-state index contributed by atoms with van der Waals surface area (Å²) in [5, 5.41) is 4.06. The number of aliphatic imine (C=N–C) groups is 1. The minimum absolute atomic E-state index is 0.422. The lowest BCUT2D eigenvalue weighted by molar-refractivity contribution is -0.498. The van der Waals surface area contributed by atoms with Crippen LogP contribution in [0.3, 0.4) is 0 Å². The molecule has 0 aromatic heterocycles. The highest BCUT2D eigenvalue weighted by molar-refractivity contribution is 7.92. The van der Waals surface area contributed by atoms with Crippen molar-refractivity contribution in [1.82, 2.24) is 0 Å². The second-order valence-electron chi connectivity index (χ2n) is 6.27. The van der Waals surface area contributed by atoms with Gasteiger partial charge in [0.1, 0.15) is 13.3 Å². The van der Waals surface area contributed by atoms with E-state index in [2.05, 4.69) is 19.7 Å². The summed E-state index contributed by atoms with van der Waals surface area (Å²) >= 11 is 0. The van der Waals surface area contributed by atoms with E-state index in [1.54, 1.807) is 13.3 Å². The largest absolute Gasteiger partial charge is 0.371 e. The molecule has 0 bridgehead atoms. The Morgan fingerprint density at radius 1 is 1.28 bits per heavy atom. The highest BCUT2D eigenvalue weighted by Crippen LogP contribution is 2.32. The maximum atomic E-state index is 11.8. The van der Waals surface area contributed by atoms with Crippen LogP contribution < -0.4 is 15.4 Å². The Morgan fingerprint density at radius 2 is 2.00 bits per heavy atom. The first-order valence-electron chi connectivity index (χ1n) is 8.19. The van der Waals surface area contributed by atoms with Gasteiger partial charge in [-0.1, -0.05) is 5.10 Å². The summed E-state index contributed by atoms with van der Waals surface area (Å²) in [7, 11) is -1.70. The molecular weight excluding hydrogens is 340 g/mol. The van der Waals surface area contributed by atoms with Crippen LogP contribution in [-0.2, 0) is 10.0 Å². The predicted molar refractivity (Wildman–Crippen MR) is 102 cm³/mol. The zero-order valence-corrected chi connectivity index (χ0v) is 15.3. The van der Waals surface area contributed by atoms with E-state index in [9.17, 15) is 8.42 Å². The van der Waals surface area contributed by atoms with Crippen LogP contribution in [0.1, 0.15) is 19.3 Å². The van der Waals surface area contributed by atoms with Gasteiger partial charge in [-0.25, -0.2) is 13.4 Å². The fraction of sp³-hybridized carbons (Fsp3) is 0.438. The fourth-order valence-corrected chi connectivity index (χ4v) is 3.47. The normalized spacial score (nSPS) is 19.8. The number of nitrogens with zero attached hydrogens (tertiary/aromatic N) is 4. The van der Waals surface area contributed by atoms with Crippen molar-refractivity contribution in [3.63, 3.8) is 0 Å². The van der Waals surface area contributed by atoms with E-state index in [1.807, 2.05) is 18.2 Å². The van der Waals surface area contributed by atoms with E-state index in [1.165, 1.54) is 11.1 Å². The highest BCUT2D eigenvalue weighted by Gasteiger charge is 2.20. The molecule has 0 radical (unpaired) electrons. The number of sulfonamides is 1. The standard InChI is InChI=1S/C16H22N6O2S/c1-21-16(17)15(11-18-21)19-13-7-6-12(22-8-4-3-5-9-22)10-14(13)20-25(2,23)24/h6-7,10-11H,3-5,8-9H2,1-2H3,(H2,17,18,20)/p+1.